The van der Waals surface area contributed by atoms with E-state index < -0.39 is 5.82 Å². The van der Waals surface area contributed by atoms with E-state index in [4.69, 9.17) is 27.9 Å². The van der Waals surface area contributed by atoms with Crippen molar-refractivity contribution >= 4 is 23.2 Å². The van der Waals surface area contributed by atoms with Crippen LogP contribution in [0.25, 0.3) is 0 Å². The Morgan fingerprint density at radius 3 is 2.62 bits per heavy atom. The highest BCUT2D eigenvalue weighted by Gasteiger charge is 2.03. The van der Waals surface area contributed by atoms with E-state index in [1.807, 2.05) is 0 Å². The van der Waals surface area contributed by atoms with Gasteiger partial charge in [0.15, 0.2) is 0 Å². The Balaban J connectivity index is 2.24. The third-order valence-electron chi connectivity index (χ3n) is 1.80. The van der Waals surface area contributed by atoms with Crippen LogP contribution in [0.4, 0.5) is 4.39 Å². The van der Waals surface area contributed by atoms with Gasteiger partial charge in [0.05, 0.1) is 5.02 Å². The molecule has 2 aromatic rings. The molecule has 0 atom stereocenters. The largest absolute Gasteiger partial charge is 0.439 e. The Morgan fingerprint density at radius 2 is 1.94 bits per heavy atom. The fraction of sp³-hybridized carbons (Fsp3) is 0. The minimum Gasteiger partial charge on any atom is -0.439 e. The number of ether oxygens (including phenoxy) is 1. The van der Waals surface area contributed by atoms with E-state index >= 15 is 0 Å². The molecule has 2 nitrogen and oxygen atoms in total. The maximum Gasteiger partial charge on any atom is 0.220 e. The summed E-state index contributed by atoms with van der Waals surface area (Å²) in [5, 5.41) is 0.324. The van der Waals surface area contributed by atoms with Gasteiger partial charge in [-0.25, -0.2) is 9.37 Å². The number of aromatic nitrogens is 1. The molecule has 0 spiro atoms. The first-order valence-corrected chi connectivity index (χ1v) is 5.16. The van der Waals surface area contributed by atoms with E-state index in [0.717, 1.165) is 0 Å². The zero-order chi connectivity index (χ0) is 11.5. The van der Waals surface area contributed by atoms with E-state index in [9.17, 15) is 4.39 Å². The molecule has 0 radical (unpaired) electrons. The fourth-order valence-electron chi connectivity index (χ4n) is 1.11. The van der Waals surface area contributed by atoms with Crippen LogP contribution in [0.5, 0.6) is 11.6 Å². The first-order valence-electron chi connectivity index (χ1n) is 4.40. The lowest BCUT2D eigenvalue weighted by Crippen LogP contribution is -1.88. The molecule has 1 heterocycles. The number of hydrogen-bond donors (Lipinski definition) is 0. The van der Waals surface area contributed by atoms with Gasteiger partial charge in [-0.05, 0) is 18.2 Å². The van der Waals surface area contributed by atoms with Crippen molar-refractivity contribution in [1.82, 2.24) is 4.98 Å². The Bertz CT molecular complexity index is 519. The normalized spacial score (nSPS) is 10.2. The average Bonchev–Trinajstić information content (AvgIpc) is 2.24. The van der Waals surface area contributed by atoms with Gasteiger partial charge in [-0.15, -0.1) is 0 Å². The van der Waals surface area contributed by atoms with Crippen LogP contribution < -0.4 is 4.74 Å². The molecule has 2 rings (SSSR count). The summed E-state index contributed by atoms with van der Waals surface area (Å²) in [5.74, 6) is 0.240. The summed E-state index contributed by atoms with van der Waals surface area (Å²) in [5.41, 5.74) is 0. The Hall–Kier alpha value is -1.32. The van der Waals surface area contributed by atoms with Crippen molar-refractivity contribution < 1.29 is 9.13 Å². The summed E-state index contributed by atoms with van der Waals surface area (Å²) in [7, 11) is 0. The summed E-state index contributed by atoms with van der Waals surface area (Å²) >= 11 is 11.3. The van der Waals surface area contributed by atoms with Crippen LogP contribution in [-0.2, 0) is 0 Å². The van der Waals surface area contributed by atoms with Crippen LogP contribution in [0.1, 0.15) is 0 Å². The molecule has 1 aromatic heterocycles. The Morgan fingerprint density at radius 1 is 1.12 bits per heavy atom. The molecule has 0 saturated carbocycles. The molecule has 0 aliphatic rings. The summed E-state index contributed by atoms with van der Waals surface area (Å²) in [6, 6.07) is 9.04. The number of halogens is 3. The lowest BCUT2D eigenvalue weighted by atomic mass is 10.3. The van der Waals surface area contributed by atoms with Gasteiger partial charge in [0.25, 0.3) is 0 Å². The van der Waals surface area contributed by atoms with Gasteiger partial charge in [0.1, 0.15) is 16.7 Å². The molecule has 0 amide bonds. The van der Waals surface area contributed by atoms with Crippen molar-refractivity contribution in [3.63, 3.8) is 0 Å². The van der Waals surface area contributed by atoms with Crippen molar-refractivity contribution in [2.24, 2.45) is 0 Å². The molecule has 16 heavy (non-hydrogen) atoms. The smallest absolute Gasteiger partial charge is 0.220 e. The monoisotopic (exact) mass is 257 g/mol. The van der Waals surface area contributed by atoms with Gasteiger partial charge in [-0.1, -0.05) is 29.3 Å². The standard InChI is InChI=1S/C11H6Cl2FNO/c12-8-6-7(4-5-9(8)14)16-11-3-1-2-10(13)15-11/h1-6H. The molecule has 0 fully saturated rings. The van der Waals surface area contributed by atoms with Crippen LogP contribution in [0.15, 0.2) is 36.4 Å². The summed E-state index contributed by atoms with van der Waals surface area (Å²) in [4.78, 5) is 3.93. The van der Waals surface area contributed by atoms with Crippen molar-refractivity contribution in [1.29, 1.82) is 0 Å². The Labute approximate surface area is 102 Å². The first kappa shape index (κ1) is 11.2. The molecule has 0 saturated heterocycles. The van der Waals surface area contributed by atoms with E-state index in [2.05, 4.69) is 4.98 Å². The molecule has 0 N–H and O–H groups in total. The zero-order valence-corrected chi connectivity index (χ0v) is 9.47. The number of hydrogen-bond acceptors (Lipinski definition) is 2. The predicted molar refractivity (Wildman–Crippen MR) is 60.7 cm³/mol. The highest BCUT2D eigenvalue weighted by Crippen LogP contribution is 2.25. The number of benzene rings is 1. The topological polar surface area (TPSA) is 22.1 Å². The zero-order valence-electron chi connectivity index (χ0n) is 7.95. The maximum atomic E-state index is 12.9. The molecule has 0 aliphatic heterocycles. The van der Waals surface area contributed by atoms with Crippen molar-refractivity contribution in [2.75, 3.05) is 0 Å². The molecule has 0 aliphatic carbocycles. The molecular weight excluding hydrogens is 252 g/mol. The number of nitrogens with zero attached hydrogens (tertiary/aromatic N) is 1. The van der Waals surface area contributed by atoms with E-state index in [1.165, 1.54) is 18.2 Å². The van der Waals surface area contributed by atoms with Crippen LogP contribution in [0.3, 0.4) is 0 Å². The van der Waals surface area contributed by atoms with Crippen LogP contribution >= 0.6 is 23.2 Å². The Kier molecular flexibility index (Phi) is 3.27. The quantitative estimate of drug-likeness (QED) is 0.748. The van der Waals surface area contributed by atoms with E-state index in [1.54, 1.807) is 18.2 Å². The highest BCUT2D eigenvalue weighted by molar-refractivity contribution is 6.30. The van der Waals surface area contributed by atoms with E-state index in [0.29, 0.717) is 16.8 Å². The number of rotatable bonds is 2. The van der Waals surface area contributed by atoms with Crippen LogP contribution in [0, 0.1) is 5.82 Å². The maximum absolute atomic E-state index is 12.9. The van der Waals surface area contributed by atoms with Crippen molar-refractivity contribution in [2.45, 2.75) is 0 Å². The SMILES string of the molecule is Fc1ccc(Oc2cccc(Cl)n2)cc1Cl. The predicted octanol–water partition coefficient (Wildman–Crippen LogP) is 4.32. The molecule has 82 valence electrons. The van der Waals surface area contributed by atoms with E-state index in [-0.39, 0.29) is 5.02 Å². The molecule has 5 heteroatoms. The molecule has 1 aromatic carbocycles. The van der Waals surface area contributed by atoms with Crippen LogP contribution in [0.2, 0.25) is 10.2 Å². The third-order valence-corrected chi connectivity index (χ3v) is 2.30. The summed E-state index contributed by atoms with van der Waals surface area (Å²) in [6.07, 6.45) is 0. The van der Waals surface area contributed by atoms with Crippen LogP contribution in [-0.4, -0.2) is 4.98 Å². The molecule has 0 bridgehead atoms. The highest BCUT2D eigenvalue weighted by atomic mass is 35.5. The second kappa shape index (κ2) is 4.68. The first-order chi connectivity index (χ1) is 7.65. The van der Waals surface area contributed by atoms with Crippen molar-refractivity contribution in [3.05, 3.63) is 52.4 Å². The fourth-order valence-corrected chi connectivity index (χ4v) is 1.43. The lowest BCUT2D eigenvalue weighted by Gasteiger charge is -2.05. The summed E-state index contributed by atoms with van der Waals surface area (Å²) < 4.78 is 18.2. The molecule has 0 unspecified atom stereocenters. The van der Waals surface area contributed by atoms with Gasteiger partial charge in [0, 0.05) is 12.1 Å². The van der Waals surface area contributed by atoms with Gasteiger partial charge >= 0.3 is 0 Å². The number of pyridine rings is 1. The van der Waals surface area contributed by atoms with Gasteiger partial charge < -0.3 is 4.74 Å². The lowest BCUT2D eigenvalue weighted by molar-refractivity contribution is 0.461. The van der Waals surface area contributed by atoms with Gasteiger partial charge in [0.2, 0.25) is 5.88 Å². The minimum absolute atomic E-state index is 0.000437. The van der Waals surface area contributed by atoms with Crippen molar-refractivity contribution in [3.8, 4) is 11.6 Å². The third kappa shape index (κ3) is 2.62. The molecular formula is C11H6Cl2FNO. The second-order valence-corrected chi connectivity index (χ2v) is 3.77. The minimum atomic E-state index is -0.493. The van der Waals surface area contributed by atoms with Gasteiger partial charge in [-0.3, -0.25) is 0 Å². The van der Waals surface area contributed by atoms with Gasteiger partial charge in [-0.2, -0.15) is 0 Å². The summed E-state index contributed by atoms with van der Waals surface area (Å²) in [6.45, 7) is 0. The average molecular weight is 258 g/mol. The second-order valence-electron chi connectivity index (χ2n) is 2.98.